The first kappa shape index (κ1) is 13.3. The van der Waals surface area contributed by atoms with E-state index in [9.17, 15) is 4.79 Å². The van der Waals surface area contributed by atoms with Crippen LogP contribution in [0.2, 0.25) is 0 Å². The highest BCUT2D eigenvalue weighted by Gasteiger charge is 2.19. The molecule has 0 saturated heterocycles. The van der Waals surface area contributed by atoms with Gasteiger partial charge in [0.25, 0.3) is 5.91 Å². The molecule has 104 valence electrons. The van der Waals surface area contributed by atoms with Crippen LogP contribution in [0.4, 0.5) is 0 Å². The summed E-state index contributed by atoms with van der Waals surface area (Å²) in [5, 5.41) is 6.51. The zero-order valence-electron chi connectivity index (χ0n) is 11.5. The van der Waals surface area contributed by atoms with E-state index in [1.807, 2.05) is 19.1 Å². The topological polar surface area (TPSA) is 41.1 Å². The van der Waals surface area contributed by atoms with Crippen LogP contribution in [0, 0.1) is 6.92 Å². The third-order valence-electron chi connectivity index (χ3n) is 3.65. The molecule has 3 nitrogen and oxygen atoms in total. The van der Waals surface area contributed by atoms with Crippen LogP contribution in [0.25, 0.3) is 0 Å². The van der Waals surface area contributed by atoms with Crippen LogP contribution in [0.3, 0.4) is 0 Å². The second-order valence-electron chi connectivity index (χ2n) is 5.08. The Morgan fingerprint density at radius 2 is 2.20 bits per heavy atom. The Labute approximate surface area is 123 Å². The highest BCUT2D eigenvalue weighted by atomic mass is 32.1. The summed E-state index contributed by atoms with van der Waals surface area (Å²) in [6.07, 6.45) is 1.06. The second kappa shape index (κ2) is 5.77. The summed E-state index contributed by atoms with van der Waals surface area (Å²) in [6, 6.07) is 12.5. The van der Waals surface area contributed by atoms with Crippen molar-refractivity contribution < 1.29 is 4.79 Å². The molecule has 1 aromatic heterocycles. The number of rotatable bonds is 3. The smallest absolute Gasteiger partial charge is 0.261 e. The van der Waals surface area contributed by atoms with Gasteiger partial charge in [-0.05, 0) is 43.1 Å². The van der Waals surface area contributed by atoms with Crippen LogP contribution in [-0.4, -0.2) is 19.0 Å². The molecule has 3 rings (SSSR count). The molecule has 0 bridgehead atoms. The van der Waals surface area contributed by atoms with Crippen LogP contribution >= 0.6 is 11.3 Å². The van der Waals surface area contributed by atoms with Crippen LogP contribution < -0.4 is 10.6 Å². The average Bonchev–Trinajstić information content (AvgIpc) is 2.91. The van der Waals surface area contributed by atoms with Crippen LogP contribution in [0.15, 0.2) is 36.4 Å². The molecule has 1 unspecified atom stereocenters. The first-order chi connectivity index (χ1) is 9.74. The monoisotopic (exact) mass is 286 g/mol. The Bertz CT molecular complexity index is 620. The molecule has 1 aromatic carbocycles. The number of thiophene rings is 1. The Balaban J connectivity index is 1.66. The van der Waals surface area contributed by atoms with Gasteiger partial charge in [-0.15, -0.1) is 11.3 Å². The zero-order valence-corrected chi connectivity index (χ0v) is 12.3. The summed E-state index contributed by atoms with van der Waals surface area (Å²) >= 11 is 1.54. The Kier molecular flexibility index (Phi) is 3.85. The van der Waals surface area contributed by atoms with Crippen molar-refractivity contribution in [2.75, 3.05) is 13.1 Å². The van der Waals surface area contributed by atoms with Crippen LogP contribution in [0.1, 0.15) is 31.7 Å². The maximum Gasteiger partial charge on any atom is 0.261 e. The van der Waals surface area contributed by atoms with Gasteiger partial charge in [-0.2, -0.15) is 0 Å². The lowest BCUT2D eigenvalue weighted by atomic mass is 9.94. The lowest BCUT2D eigenvalue weighted by molar-refractivity contribution is 0.0953. The van der Waals surface area contributed by atoms with Crippen molar-refractivity contribution in [1.29, 1.82) is 0 Å². The molecule has 2 N–H and O–H groups in total. The summed E-state index contributed by atoms with van der Waals surface area (Å²) in [7, 11) is 0. The molecule has 1 aliphatic rings. The molecular weight excluding hydrogens is 268 g/mol. The van der Waals surface area contributed by atoms with Crippen LogP contribution in [-0.2, 0) is 6.42 Å². The summed E-state index contributed by atoms with van der Waals surface area (Å²) < 4.78 is 0. The van der Waals surface area contributed by atoms with Crippen LogP contribution in [0.5, 0.6) is 0 Å². The minimum atomic E-state index is 0.0213. The lowest BCUT2D eigenvalue weighted by Gasteiger charge is -2.27. The zero-order chi connectivity index (χ0) is 13.9. The van der Waals surface area contributed by atoms with Gasteiger partial charge < -0.3 is 10.6 Å². The number of carbonyl (C=O) groups is 1. The van der Waals surface area contributed by atoms with Gasteiger partial charge in [0.1, 0.15) is 0 Å². The number of benzene rings is 1. The van der Waals surface area contributed by atoms with E-state index in [1.165, 1.54) is 22.5 Å². The molecule has 0 saturated carbocycles. The van der Waals surface area contributed by atoms with Crippen molar-refractivity contribution in [2.45, 2.75) is 19.4 Å². The van der Waals surface area contributed by atoms with E-state index < -0.39 is 0 Å². The molecule has 0 spiro atoms. The maximum absolute atomic E-state index is 12.1. The minimum Gasteiger partial charge on any atom is -0.349 e. The van der Waals surface area contributed by atoms with Gasteiger partial charge in [0.05, 0.1) is 4.88 Å². The molecule has 1 atom stereocenters. The number of hydrogen-bond donors (Lipinski definition) is 2. The Hall–Kier alpha value is -1.65. The summed E-state index contributed by atoms with van der Waals surface area (Å²) in [4.78, 5) is 14.0. The third kappa shape index (κ3) is 2.76. The van der Waals surface area contributed by atoms with Gasteiger partial charge in [0, 0.05) is 17.5 Å². The average molecular weight is 286 g/mol. The third-order valence-corrected chi connectivity index (χ3v) is 4.65. The summed E-state index contributed by atoms with van der Waals surface area (Å²) in [6.45, 7) is 3.61. The van der Waals surface area contributed by atoms with E-state index in [-0.39, 0.29) is 11.9 Å². The SMILES string of the molecule is Cc1ccc(C(=O)NCC2NCCc3ccccc32)s1. The van der Waals surface area contributed by atoms with E-state index in [0.29, 0.717) is 6.54 Å². The van der Waals surface area contributed by atoms with Gasteiger partial charge in [-0.25, -0.2) is 0 Å². The molecule has 2 heterocycles. The molecule has 1 amide bonds. The van der Waals surface area contributed by atoms with E-state index in [1.54, 1.807) is 0 Å². The van der Waals surface area contributed by atoms with Crippen molar-refractivity contribution in [1.82, 2.24) is 10.6 Å². The van der Waals surface area contributed by atoms with Crippen molar-refractivity contribution >= 4 is 17.2 Å². The van der Waals surface area contributed by atoms with Gasteiger partial charge in [-0.3, -0.25) is 4.79 Å². The predicted molar refractivity (Wildman–Crippen MR) is 82.3 cm³/mol. The number of nitrogens with one attached hydrogen (secondary N) is 2. The molecular formula is C16H18N2OS. The van der Waals surface area contributed by atoms with Crippen molar-refractivity contribution in [3.8, 4) is 0 Å². The lowest BCUT2D eigenvalue weighted by Crippen LogP contribution is -2.38. The van der Waals surface area contributed by atoms with Crippen molar-refractivity contribution in [2.24, 2.45) is 0 Å². The van der Waals surface area contributed by atoms with Gasteiger partial charge in [-0.1, -0.05) is 24.3 Å². The number of carbonyl (C=O) groups excluding carboxylic acids is 1. The number of fused-ring (bicyclic) bond motifs is 1. The molecule has 2 aromatic rings. The second-order valence-corrected chi connectivity index (χ2v) is 6.36. The van der Waals surface area contributed by atoms with Crippen molar-refractivity contribution in [3.05, 3.63) is 57.3 Å². The van der Waals surface area contributed by atoms with Crippen molar-refractivity contribution in [3.63, 3.8) is 0 Å². The van der Waals surface area contributed by atoms with Gasteiger partial charge >= 0.3 is 0 Å². The first-order valence-corrected chi connectivity index (χ1v) is 7.71. The normalized spacial score (nSPS) is 17.6. The van der Waals surface area contributed by atoms with E-state index in [0.717, 1.165) is 22.7 Å². The minimum absolute atomic E-state index is 0.0213. The Morgan fingerprint density at radius 1 is 1.35 bits per heavy atom. The fourth-order valence-electron chi connectivity index (χ4n) is 2.61. The molecule has 0 radical (unpaired) electrons. The van der Waals surface area contributed by atoms with E-state index >= 15 is 0 Å². The largest absolute Gasteiger partial charge is 0.349 e. The standard InChI is InChI=1S/C16H18N2OS/c1-11-6-7-15(20-11)16(19)18-10-14-13-5-3-2-4-12(13)8-9-17-14/h2-7,14,17H,8-10H2,1H3,(H,18,19). The summed E-state index contributed by atoms with van der Waals surface area (Å²) in [5.74, 6) is 0.0213. The fraction of sp³-hybridized carbons (Fsp3) is 0.312. The highest BCUT2D eigenvalue weighted by molar-refractivity contribution is 7.13. The fourth-order valence-corrected chi connectivity index (χ4v) is 3.40. The molecule has 1 aliphatic heterocycles. The maximum atomic E-state index is 12.1. The van der Waals surface area contributed by atoms with E-state index in [4.69, 9.17) is 0 Å². The molecule has 20 heavy (non-hydrogen) atoms. The molecule has 0 aliphatic carbocycles. The number of aryl methyl sites for hydroxylation is 1. The number of amides is 1. The first-order valence-electron chi connectivity index (χ1n) is 6.90. The quantitative estimate of drug-likeness (QED) is 0.911. The number of hydrogen-bond acceptors (Lipinski definition) is 3. The molecule has 0 fully saturated rings. The van der Waals surface area contributed by atoms with Gasteiger partial charge in [0.15, 0.2) is 0 Å². The Morgan fingerprint density at radius 3 is 3.00 bits per heavy atom. The van der Waals surface area contributed by atoms with Gasteiger partial charge in [0.2, 0.25) is 0 Å². The summed E-state index contributed by atoms with van der Waals surface area (Å²) in [5.41, 5.74) is 2.69. The van der Waals surface area contributed by atoms with E-state index in [2.05, 4.69) is 34.9 Å². The molecule has 4 heteroatoms. The predicted octanol–water partition coefficient (Wildman–Crippen LogP) is 2.67. The highest BCUT2D eigenvalue weighted by Crippen LogP contribution is 2.22.